The number of carbonyl (C=O) groups is 1. The van der Waals surface area contributed by atoms with Crippen LogP contribution in [-0.4, -0.2) is 42.7 Å². The standard InChI is InChI=1S/C25H28N2O3S/c1-24(2)20-13-14-25(24)17-31(29,30)27(21(25)15-20)22(28)16-26-23(18-9-5-3-6-10-18)19-11-7-4-8-12-19/h3-12,20-21H,13-17H2,1-2H3/t20-,21-,25+/m0/s1. The van der Waals surface area contributed by atoms with Crippen molar-refractivity contribution in [2.24, 2.45) is 21.7 Å². The Morgan fingerprint density at radius 2 is 1.61 bits per heavy atom. The summed E-state index contributed by atoms with van der Waals surface area (Å²) in [6, 6.07) is 19.2. The van der Waals surface area contributed by atoms with Crippen molar-refractivity contribution >= 4 is 21.6 Å². The minimum Gasteiger partial charge on any atom is -0.274 e. The van der Waals surface area contributed by atoms with Crippen LogP contribution in [0.3, 0.4) is 0 Å². The maximum atomic E-state index is 13.3. The van der Waals surface area contributed by atoms with Crippen molar-refractivity contribution in [2.45, 2.75) is 39.2 Å². The van der Waals surface area contributed by atoms with Crippen molar-refractivity contribution in [3.8, 4) is 0 Å². The quantitative estimate of drug-likeness (QED) is 0.683. The maximum Gasteiger partial charge on any atom is 0.257 e. The zero-order chi connectivity index (χ0) is 21.9. The molecule has 1 spiro atoms. The van der Waals surface area contributed by atoms with Gasteiger partial charge in [0.1, 0.15) is 6.54 Å². The molecule has 162 valence electrons. The molecule has 0 N–H and O–H groups in total. The highest BCUT2D eigenvalue weighted by Crippen LogP contribution is 2.69. The summed E-state index contributed by atoms with van der Waals surface area (Å²) >= 11 is 0. The van der Waals surface area contributed by atoms with E-state index in [-0.39, 0.29) is 29.2 Å². The number of amides is 1. The second-order valence-corrected chi connectivity index (χ2v) is 11.6. The summed E-state index contributed by atoms with van der Waals surface area (Å²) in [7, 11) is -3.62. The van der Waals surface area contributed by atoms with Crippen LogP contribution < -0.4 is 0 Å². The van der Waals surface area contributed by atoms with Crippen molar-refractivity contribution in [3.63, 3.8) is 0 Å². The Hall–Kier alpha value is -2.47. The molecular weight excluding hydrogens is 408 g/mol. The summed E-state index contributed by atoms with van der Waals surface area (Å²) in [4.78, 5) is 17.9. The first kappa shape index (κ1) is 20.4. The van der Waals surface area contributed by atoms with Crippen molar-refractivity contribution in [2.75, 3.05) is 12.3 Å². The number of benzene rings is 2. The summed E-state index contributed by atoms with van der Waals surface area (Å²) in [5.74, 6) is 0.166. The molecule has 1 heterocycles. The minimum atomic E-state index is -3.62. The molecule has 2 aliphatic carbocycles. The first-order valence-electron chi connectivity index (χ1n) is 11.0. The summed E-state index contributed by atoms with van der Waals surface area (Å²) < 4.78 is 27.5. The third-order valence-electron chi connectivity index (χ3n) is 8.12. The summed E-state index contributed by atoms with van der Waals surface area (Å²) in [5, 5.41) is 0. The first-order chi connectivity index (χ1) is 14.8. The number of carbonyl (C=O) groups excluding carboxylic acids is 1. The smallest absolute Gasteiger partial charge is 0.257 e. The number of fused-ring (bicyclic) bond motifs is 1. The van der Waals surface area contributed by atoms with Crippen LogP contribution in [0.25, 0.3) is 0 Å². The van der Waals surface area contributed by atoms with Gasteiger partial charge in [-0.2, -0.15) is 0 Å². The van der Waals surface area contributed by atoms with Crippen LogP contribution in [-0.2, 0) is 14.8 Å². The topological polar surface area (TPSA) is 66.8 Å². The summed E-state index contributed by atoms with van der Waals surface area (Å²) in [6.07, 6.45) is 2.73. The molecule has 3 fully saturated rings. The van der Waals surface area contributed by atoms with E-state index in [1.54, 1.807) is 0 Å². The Kier molecular flexibility index (Phi) is 4.63. The number of nitrogens with zero attached hydrogens (tertiary/aromatic N) is 2. The molecule has 2 aromatic rings. The molecule has 31 heavy (non-hydrogen) atoms. The lowest BCUT2D eigenvalue weighted by atomic mass is 9.69. The molecule has 0 unspecified atom stereocenters. The first-order valence-corrected chi connectivity index (χ1v) is 12.6. The van der Waals surface area contributed by atoms with E-state index < -0.39 is 15.9 Å². The molecule has 2 aromatic carbocycles. The fourth-order valence-corrected chi connectivity index (χ4v) is 8.92. The molecule has 2 saturated carbocycles. The molecule has 3 atom stereocenters. The van der Waals surface area contributed by atoms with Gasteiger partial charge >= 0.3 is 0 Å². The average molecular weight is 437 g/mol. The van der Waals surface area contributed by atoms with Gasteiger partial charge in [-0.3, -0.25) is 9.79 Å². The number of rotatable bonds is 4. The molecule has 0 aromatic heterocycles. The van der Waals surface area contributed by atoms with E-state index in [9.17, 15) is 13.2 Å². The average Bonchev–Trinajstić information content (AvgIpc) is 3.23. The van der Waals surface area contributed by atoms with Crippen LogP contribution >= 0.6 is 0 Å². The highest BCUT2D eigenvalue weighted by Gasteiger charge is 2.72. The van der Waals surface area contributed by atoms with Gasteiger partial charge in [-0.25, -0.2) is 12.7 Å². The van der Waals surface area contributed by atoms with Crippen LogP contribution in [0.4, 0.5) is 0 Å². The largest absolute Gasteiger partial charge is 0.274 e. The predicted molar refractivity (Wildman–Crippen MR) is 121 cm³/mol. The SMILES string of the molecule is CC1(C)[C@H]2CC[C@]13CS(=O)(=O)N(C(=O)CN=C(c1ccccc1)c1ccccc1)[C@H]3C2. The van der Waals surface area contributed by atoms with Crippen molar-refractivity contribution < 1.29 is 13.2 Å². The highest BCUT2D eigenvalue weighted by molar-refractivity contribution is 7.90. The van der Waals surface area contributed by atoms with Crippen LogP contribution in [0, 0.1) is 16.7 Å². The van der Waals surface area contributed by atoms with Crippen LogP contribution in [0.1, 0.15) is 44.2 Å². The number of aliphatic imine (C=N–C) groups is 1. The summed E-state index contributed by atoms with van der Waals surface area (Å²) in [6.45, 7) is 4.21. The lowest BCUT2D eigenvalue weighted by Gasteiger charge is -2.37. The fourth-order valence-electron chi connectivity index (χ4n) is 6.37. The number of hydrogen-bond acceptors (Lipinski definition) is 4. The second-order valence-electron chi connectivity index (χ2n) is 9.71. The lowest BCUT2D eigenvalue weighted by molar-refractivity contribution is -0.127. The molecule has 3 aliphatic rings. The van der Waals surface area contributed by atoms with Crippen LogP contribution in [0.5, 0.6) is 0 Å². The molecule has 6 heteroatoms. The van der Waals surface area contributed by atoms with E-state index in [2.05, 4.69) is 18.8 Å². The normalized spacial score (nSPS) is 29.5. The van der Waals surface area contributed by atoms with E-state index in [1.165, 1.54) is 4.31 Å². The van der Waals surface area contributed by atoms with E-state index in [0.29, 0.717) is 11.6 Å². The third-order valence-corrected chi connectivity index (χ3v) is 10.1. The lowest BCUT2D eigenvalue weighted by Crippen LogP contribution is -2.45. The molecule has 5 rings (SSSR count). The predicted octanol–water partition coefficient (Wildman–Crippen LogP) is 3.89. The second kappa shape index (κ2) is 7.02. The molecule has 1 saturated heterocycles. The molecule has 5 nitrogen and oxygen atoms in total. The number of sulfonamides is 1. The Morgan fingerprint density at radius 3 is 2.16 bits per heavy atom. The molecule has 2 bridgehead atoms. The van der Waals surface area contributed by atoms with Gasteiger partial charge in [-0.1, -0.05) is 74.5 Å². The van der Waals surface area contributed by atoms with Crippen LogP contribution in [0.2, 0.25) is 0 Å². The Morgan fingerprint density at radius 1 is 1.03 bits per heavy atom. The minimum absolute atomic E-state index is 0.0533. The van der Waals surface area contributed by atoms with Crippen molar-refractivity contribution in [3.05, 3.63) is 71.8 Å². The number of hydrogen-bond donors (Lipinski definition) is 0. The maximum absolute atomic E-state index is 13.3. The zero-order valence-corrected chi connectivity index (χ0v) is 18.8. The van der Waals surface area contributed by atoms with E-state index in [1.807, 2.05) is 60.7 Å². The van der Waals surface area contributed by atoms with Crippen molar-refractivity contribution in [1.82, 2.24) is 4.31 Å². The molecule has 0 radical (unpaired) electrons. The van der Waals surface area contributed by atoms with Gasteiger partial charge < -0.3 is 0 Å². The Balaban J connectivity index is 1.47. The van der Waals surface area contributed by atoms with E-state index >= 15 is 0 Å². The van der Waals surface area contributed by atoms with Gasteiger partial charge in [0, 0.05) is 16.5 Å². The van der Waals surface area contributed by atoms with Crippen molar-refractivity contribution in [1.29, 1.82) is 0 Å². The van der Waals surface area contributed by atoms with Gasteiger partial charge in [0.2, 0.25) is 10.0 Å². The van der Waals surface area contributed by atoms with Gasteiger partial charge in [-0.15, -0.1) is 0 Å². The van der Waals surface area contributed by atoms with Gasteiger partial charge in [-0.05, 0) is 30.6 Å². The summed E-state index contributed by atoms with van der Waals surface area (Å²) in [5.41, 5.74) is 2.15. The Labute approximate surface area is 184 Å². The van der Waals surface area contributed by atoms with E-state index in [0.717, 1.165) is 30.4 Å². The molecular formula is C25H28N2O3S. The van der Waals surface area contributed by atoms with Gasteiger partial charge in [0.15, 0.2) is 0 Å². The van der Waals surface area contributed by atoms with Crippen LogP contribution in [0.15, 0.2) is 65.7 Å². The molecule has 1 amide bonds. The van der Waals surface area contributed by atoms with Gasteiger partial charge in [0.05, 0.1) is 17.5 Å². The monoisotopic (exact) mass is 436 g/mol. The zero-order valence-electron chi connectivity index (χ0n) is 18.0. The third kappa shape index (κ3) is 2.99. The highest BCUT2D eigenvalue weighted by atomic mass is 32.2. The Bertz CT molecular complexity index is 1100. The fraction of sp³-hybridized carbons (Fsp3) is 0.440. The van der Waals surface area contributed by atoms with Gasteiger partial charge in [0.25, 0.3) is 5.91 Å². The molecule has 1 aliphatic heterocycles. The van der Waals surface area contributed by atoms with E-state index in [4.69, 9.17) is 0 Å².